The van der Waals surface area contributed by atoms with Gasteiger partial charge in [0.15, 0.2) is 0 Å². The van der Waals surface area contributed by atoms with Gasteiger partial charge >= 0.3 is 0 Å². The lowest BCUT2D eigenvalue weighted by atomic mass is 9.86. The van der Waals surface area contributed by atoms with Crippen LogP contribution in [0.15, 0.2) is 24.3 Å². The monoisotopic (exact) mass is 288 g/mol. The molecule has 1 aliphatic rings. The molecule has 1 aliphatic heterocycles. The van der Waals surface area contributed by atoms with E-state index in [1.54, 1.807) is 0 Å². The Hall–Kier alpha value is -0.860. The third-order valence-corrected chi connectivity index (χ3v) is 4.93. The maximum atomic E-state index is 3.45. The summed E-state index contributed by atoms with van der Waals surface area (Å²) < 4.78 is 0. The number of hydrogen-bond acceptors (Lipinski definition) is 2. The Morgan fingerprint density at radius 3 is 2.24 bits per heavy atom. The molecular formula is C19H32N2. The van der Waals surface area contributed by atoms with Crippen molar-refractivity contribution in [2.75, 3.05) is 26.7 Å². The molecule has 0 saturated carbocycles. The van der Waals surface area contributed by atoms with Gasteiger partial charge in [-0.2, -0.15) is 0 Å². The molecule has 21 heavy (non-hydrogen) atoms. The second-order valence-electron chi connectivity index (χ2n) is 7.68. The minimum Gasteiger partial charge on any atom is -0.317 e. The Kier molecular flexibility index (Phi) is 5.45. The van der Waals surface area contributed by atoms with Crippen molar-refractivity contribution in [1.82, 2.24) is 10.2 Å². The van der Waals surface area contributed by atoms with Gasteiger partial charge in [0.05, 0.1) is 0 Å². The highest BCUT2D eigenvalue weighted by Crippen LogP contribution is 2.26. The average Bonchev–Trinajstić information content (AvgIpc) is 2.46. The van der Waals surface area contributed by atoms with Gasteiger partial charge < -0.3 is 5.32 Å². The summed E-state index contributed by atoms with van der Waals surface area (Å²) in [4.78, 5) is 2.52. The third-order valence-electron chi connectivity index (χ3n) is 4.93. The van der Waals surface area contributed by atoms with E-state index in [1.165, 1.54) is 43.6 Å². The molecule has 0 radical (unpaired) electrons. The van der Waals surface area contributed by atoms with Crippen LogP contribution in [0, 0.1) is 5.92 Å². The molecule has 1 saturated heterocycles. The van der Waals surface area contributed by atoms with Crippen LogP contribution in [0.3, 0.4) is 0 Å². The molecule has 0 spiro atoms. The summed E-state index contributed by atoms with van der Waals surface area (Å²) in [5.74, 6) is 0.854. The van der Waals surface area contributed by atoms with Crippen molar-refractivity contribution in [2.24, 2.45) is 5.92 Å². The minimum atomic E-state index is 0.239. The van der Waals surface area contributed by atoms with Crippen molar-refractivity contribution in [3.05, 3.63) is 35.4 Å². The molecule has 0 aromatic heterocycles. The zero-order valence-electron chi connectivity index (χ0n) is 14.4. The van der Waals surface area contributed by atoms with Crippen molar-refractivity contribution in [1.29, 1.82) is 0 Å². The zero-order valence-corrected chi connectivity index (χ0v) is 14.4. The Bertz CT molecular complexity index is 424. The first-order chi connectivity index (χ1) is 9.88. The molecule has 0 aliphatic carbocycles. The highest BCUT2D eigenvalue weighted by molar-refractivity contribution is 5.29. The summed E-state index contributed by atoms with van der Waals surface area (Å²) in [5, 5.41) is 3.45. The number of hydrogen-bond donors (Lipinski definition) is 1. The van der Waals surface area contributed by atoms with E-state index in [0.717, 1.165) is 5.92 Å². The molecule has 1 unspecified atom stereocenters. The first-order valence-electron chi connectivity index (χ1n) is 8.39. The average molecular weight is 288 g/mol. The first-order valence-corrected chi connectivity index (χ1v) is 8.39. The standard InChI is InChI=1S/C19H32N2/c1-15(21(5)14-16-10-12-20-13-11-16)17-6-8-18(9-7-17)19(2,3)4/h6-9,15-16,20H,10-14H2,1-5H3. The van der Waals surface area contributed by atoms with Gasteiger partial charge in [-0.1, -0.05) is 45.0 Å². The molecule has 1 aromatic carbocycles. The number of benzene rings is 1. The fourth-order valence-electron chi connectivity index (χ4n) is 3.15. The molecule has 1 aromatic rings. The Labute approximate surface area is 130 Å². The van der Waals surface area contributed by atoms with E-state index in [-0.39, 0.29) is 5.41 Å². The SMILES string of the molecule is CC(c1ccc(C(C)(C)C)cc1)N(C)CC1CCNCC1. The molecule has 1 N–H and O–H groups in total. The van der Waals surface area contributed by atoms with Crippen molar-refractivity contribution in [3.63, 3.8) is 0 Å². The quantitative estimate of drug-likeness (QED) is 0.901. The van der Waals surface area contributed by atoms with Gasteiger partial charge in [0, 0.05) is 12.6 Å². The molecule has 2 heteroatoms. The lowest BCUT2D eigenvalue weighted by molar-refractivity contribution is 0.196. The van der Waals surface area contributed by atoms with Crippen LogP contribution in [0.4, 0.5) is 0 Å². The van der Waals surface area contributed by atoms with E-state index in [0.29, 0.717) is 6.04 Å². The smallest absolute Gasteiger partial charge is 0.0316 e. The van der Waals surface area contributed by atoms with Crippen molar-refractivity contribution < 1.29 is 0 Å². The molecule has 2 rings (SSSR count). The summed E-state index contributed by atoms with van der Waals surface area (Å²) in [6.45, 7) is 12.7. The molecule has 1 atom stereocenters. The van der Waals surface area contributed by atoms with Crippen LogP contribution in [0.5, 0.6) is 0 Å². The summed E-state index contributed by atoms with van der Waals surface area (Å²) in [7, 11) is 2.27. The highest BCUT2D eigenvalue weighted by atomic mass is 15.1. The van der Waals surface area contributed by atoms with E-state index in [4.69, 9.17) is 0 Å². The van der Waals surface area contributed by atoms with Crippen LogP contribution in [0.1, 0.15) is 57.7 Å². The number of rotatable bonds is 4. The van der Waals surface area contributed by atoms with E-state index in [9.17, 15) is 0 Å². The molecule has 0 amide bonds. The number of nitrogens with zero attached hydrogens (tertiary/aromatic N) is 1. The summed E-state index contributed by atoms with van der Waals surface area (Å²) in [6.07, 6.45) is 2.64. The van der Waals surface area contributed by atoms with Crippen LogP contribution < -0.4 is 5.32 Å². The maximum absolute atomic E-state index is 3.45. The van der Waals surface area contributed by atoms with Gasteiger partial charge in [0.1, 0.15) is 0 Å². The third kappa shape index (κ3) is 4.55. The topological polar surface area (TPSA) is 15.3 Å². The predicted molar refractivity (Wildman–Crippen MR) is 91.8 cm³/mol. The highest BCUT2D eigenvalue weighted by Gasteiger charge is 2.19. The summed E-state index contributed by atoms with van der Waals surface area (Å²) in [6, 6.07) is 9.71. The van der Waals surface area contributed by atoms with Crippen LogP contribution >= 0.6 is 0 Å². The summed E-state index contributed by atoms with van der Waals surface area (Å²) in [5.41, 5.74) is 3.09. The van der Waals surface area contributed by atoms with Gasteiger partial charge in [-0.15, -0.1) is 0 Å². The van der Waals surface area contributed by atoms with Crippen molar-refractivity contribution in [3.8, 4) is 0 Å². The van der Waals surface area contributed by atoms with E-state index in [1.807, 2.05) is 0 Å². The largest absolute Gasteiger partial charge is 0.317 e. The minimum absolute atomic E-state index is 0.239. The normalized spacial score (nSPS) is 19.0. The van der Waals surface area contributed by atoms with Crippen molar-refractivity contribution in [2.45, 2.75) is 52.0 Å². The zero-order chi connectivity index (χ0) is 15.5. The van der Waals surface area contributed by atoms with Crippen LogP contribution in [0.2, 0.25) is 0 Å². The van der Waals surface area contributed by atoms with Gasteiger partial charge in [0.25, 0.3) is 0 Å². The van der Waals surface area contributed by atoms with E-state index >= 15 is 0 Å². The number of piperidine rings is 1. The molecule has 1 heterocycles. The second kappa shape index (κ2) is 6.93. The van der Waals surface area contributed by atoms with Crippen molar-refractivity contribution >= 4 is 0 Å². The van der Waals surface area contributed by atoms with E-state index < -0.39 is 0 Å². The second-order valence-corrected chi connectivity index (χ2v) is 7.68. The van der Waals surface area contributed by atoms with Crippen LogP contribution in [-0.4, -0.2) is 31.6 Å². The number of nitrogens with one attached hydrogen (secondary N) is 1. The molecular weight excluding hydrogens is 256 g/mol. The Morgan fingerprint density at radius 2 is 1.71 bits per heavy atom. The fourth-order valence-corrected chi connectivity index (χ4v) is 3.15. The van der Waals surface area contributed by atoms with Gasteiger partial charge in [-0.3, -0.25) is 4.90 Å². The summed E-state index contributed by atoms with van der Waals surface area (Å²) >= 11 is 0. The van der Waals surface area contributed by atoms with Gasteiger partial charge in [-0.05, 0) is 62.4 Å². The molecule has 1 fully saturated rings. The Morgan fingerprint density at radius 1 is 1.14 bits per heavy atom. The maximum Gasteiger partial charge on any atom is 0.0316 e. The fraction of sp³-hybridized carbons (Fsp3) is 0.684. The Balaban J connectivity index is 1.96. The molecule has 0 bridgehead atoms. The van der Waals surface area contributed by atoms with Gasteiger partial charge in [-0.25, -0.2) is 0 Å². The lowest BCUT2D eigenvalue weighted by Crippen LogP contribution is -2.35. The molecule has 2 nitrogen and oxygen atoms in total. The molecule has 118 valence electrons. The first kappa shape index (κ1) is 16.5. The van der Waals surface area contributed by atoms with E-state index in [2.05, 4.69) is 69.2 Å². The van der Waals surface area contributed by atoms with Gasteiger partial charge in [0.2, 0.25) is 0 Å². The predicted octanol–water partition coefficient (Wildman–Crippen LogP) is 3.98. The van der Waals surface area contributed by atoms with Crippen LogP contribution in [0.25, 0.3) is 0 Å². The van der Waals surface area contributed by atoms with Crippen LogP contribution in [-0.2, 0) is 5.41 Å². The lowest BCUT2D eigenvalue weighted by Gasteiger charge is -2.31.